The predicted molar refractivity (Wildman–Crippen MR) is 130 cm³/mol. The zero-order chi connectivity index (χ0) is 22.7. The number of aryl methyl sites for hydroxylation is 1. The second-order valence-electron chi connectivity index (χ2n) is 10.3. The Bertz CT molecular complexity index is 922. The number of carbonyl (C=O) groups is 1. The van der Waals surface area contributed by atoms with Crippen molar-refractivity contribution >= 4 is 17.0 Å². The smallest absolute Gasteiger partial charge is 0.410 e. The van der Waals surface area contributed by atoms with Gasteiger partial charge in [0, 0.05) is 62.4 Å². The van der Waals surface area contributed by atoms with Crippen molar-refractivity contribution in [3.05, 3.63) is 35.5 Å². The highest BCUT2D eigenvalue weighted by atomic mass is 16.6. The van der Waals surface area contributed by atoms with E-state index in [1.807, 2.05) is 25.7 Å². The minimum Gasteiger partial charge on any atom is -0.444 e. The molecular formula is C26H40N4O2. The molecule has 2 aliphatic heterocycles. The number of aromatic nitrogens is 1. The molecule has 0 bridgehead atoms. The molecule has 1 aromatic heterocycles. The number of carbonyl (C=O) groups excluding carboxylic acids is 1. The number of benzene rings is 1. The molecule has 6 heteroatoms. The highest BCUT2D eigenvalue weighted by molar-refractivity contribution is 5.85. The van der Waals surface area contributed by atoms with Gasteiger partial charge in [-0.3, -0.25) is 9.80 Å². The Morgan fingerprint density at radius 1 is 0.969 bits per heavy atom. The molecule has 1 amide bonds. The van der Waals surface area contributed by atoms with E-state index in [0.29, 0.717) is 0 Å². The van der Waals surface area contributed by atoms with Gasteiger partial charge in [0.1, 0.15) is 5.60 Å². The number of piperazine rings is 1. The Labute approximate surface area is 193 Å². The molecule has 0 unspecified atom stereocenters. The summed E-state index contributed by atoms with van der Waals surface area (Å²) in [5.74, 6) is 0. The number of hydrogen-bond donors (Lipinski definition) is 0. The minimum atomic E-state index is -0.431. The van der Waals surface area contributed by atoms with Crippen LogP contribution in [-0.2, 0) is 24.2 Å². The van der Waals surface area contributed by atoms with Crippen molar-refractivity contribution in [2.45, 2.75) is 65.6 Å². The SMILES string of the molecule is CCCN1CCc2c(n(CCCN3CCN(C(=O)OC(C)(C)C)CC3)c3ccccc23)C1. The molecule has 2 aromatic rings. The van der Waals surface area contributed by atoms with Crippen molar-refractivity contribution in [2.75, 3.05) is 45.8 Å². The molecule has 3 heterocycles. The molecule has 1 saturated heterocycles. The van der Waals surface area contributed by atoms with E-state index >= 15 is 0 Å². The lowest BCUT2D eigenvalue weighted by atomic mass is 10.0. The number of nitrogens with zero attached hydrogens (tertiary/aromatic N) is 4. The van der Waals surface area contributed by atoms with Crippen LogP contribution in [0.1, 0.15) is 51.8 Å². The summed E-state index contributed by atoms with van der Waals surface area (Å²) < 4.78 is 8.11. The van der Waals surface area contributed by atoms with Gasteiger partial charge in [0.25, 0.3) is 0 Å². The van der Waals surface area contributed by atoms with Gasteiger partial charge in [-0.2, -0.15) is 0 Å². The van der Waals surface area contributed by atoms with Gasteiger partial charge in [-0.15, -0.1) is 0 Å². The average Bonchev–Trinajstić information content (AvgIpc) is 3.06. The molecule has 0 spiro atoms. The molecule has 0 aliphatic carbocycles. The summed E-state index contributed by atoms with van der Waals surface area (Å²) in [5.41, 5.74) is 4.06. The Hall–Kier alpha value is -2.05. The standard InChI is InChI=1S/C26H40N4O2/c1-5-12-28-15-11-22-21-9-6-7-10-23(21)30(24(22)20-28)14-8-13-27-16-18-29(19-17-27)25(31)32-26(2,3)4/h6-7,9-10H,5,8,11-20H2,1-4H3. The highest BCUT2D eigenvalue weighted by Crippen LogP contribution is 2.31. The first-order chi connectivity index (χ1) is 15.4. The summed E-state index contributed by atoms with van der Waals surface area (Å²) in [6, 6.07) is 8.94. The van der Waals surface area contributed by atoms with Crippen LogP contribution in [0.25, 0.3) is 10.9 Å². The largest absolute Gasteiger partial charge is 0.444 e. The average molecular weight is 441 g/mol. The van der Waals surface area contributed by atoms with Crippen LogP contribution < -0.4 is 0 Å². The van der Waals surface area contributed by atoms with Crippen LogP contribution in [0, 0.1) is 0 Å². The van der Waals surface area contributed by atoms with E-state index in [2.05, 4.69) is 45.6 Å². The van der Waals surface area contributed by atoms with Gasteiger partial charge in [0.2, 0.25) is 0 Å². The molecule has 0 N–H and O–H groups in total. The number of hydrogen-bond acceptors (Lipinski definition) is 4. The van der Waals surface area contributed by atoms with Gasteiger partial charge in [-0.05, 0) is 64.8 Å². The molecule has 1 aromatic carbocycles. The van der Waals surface area contributed by atoms with Crippen LogP contribution in [-0.4, -0.2) is 76.8 Å². The maximum Gasteiger partial charge on any atom is 0.410 e. The van der Waals surface area contributed by atoms with Crippen LogP contribution in [0.3, 0.4) is 0 Å². The van der Waals surface area contributed by atoms with Crippen molar-refractivity contribution in [3.63, 3.8) is 0 Å². The first-order valence-electron chi connectivity index (χ1n) is 12.4. The van der Waals surface area contributed by atoms with Gasteiger partial charge in [0.15, 0.2) is 0 Å². The van der Waals surface area contributed by atoms with Crippen molar-refractivity contribution in [2.24, 2.45) is 0 Å². The number of rotatable bonds is 6. The quantitative estimate of drug-likeness (QED) is 0.670. The molecule has 6 nitrogen and oxygen atoms in total. The number of fused-ring (bicyclic) bond motifs is 3. The fraction of sp³-hybridized carbons (Fsp3) is 0.654. The summed E-state index contributed by atoms with van der Waals surface area (Å²) in [6.45, 7) is 17.0. The maximum absolute atomic E-state index is 12.3. The topological polar surface area (TPSA) is 41.0 Å². The first kappa shape index (κ1) is 23.1. The Morgan fingerprint density at radius 3 is 2.44 bits per heavy atom. The second-order valence-corrected chi connectivity index (χ2v) is 10.3. The monoisotopic (exact) mass is 440 g/mol. The van der Waals surface area contributed by atoms with E-state index in [-0.39, 0.29) is 6.09 Å². The van der Waals surface area contributed by atoms with Gasteiger partial charge < -0.3 is 14.2 Å². The summed E-state index contributed by atoms with van der Waals surface area (Å²) >= 11 is 0. The molecule has 2 aliphatic rings. The Morgan fingerprint density at radius 2 is 1.72 bits per heavy atom. The van der Waals surface area contributed by atoms with Crippen LogP contribution in [0.2, 0.25) is 0 Å². The molecule has 176 valence electrons. The number of amides is 1. The van der Waals surface area contributed by atoms with Crippen LogP contribution in [0.5, 0.6) is 0 Å². The van der Waals surface area contributed by atoms with Crippen LogP contribution in [0.4, 0.5) is 4.79 Å². The maximum atomic E-state index is 12.3. The highest BCUT2D eigenvalue weighted by Gasteiger charge is 2.26. The van der Waals surface area contributed by atoms with Crippen LogP contribution >= 0.6 is 0 Å². The lowest BCUT2D eigenvalue weighted by Crippen LogP contribution is -2.50. The molecule has 1 fully saturated rings. The number of para-hydroxylation sites is 1. The molecule has 0 saturated carbocycles. The van der Waals surface area contributed by atoms with E-state index in [1.165, 1.54) is 36.1 Å². The lowest BCUT2D eigenvalue weighted by Gasteiger charge is -2.35. The predicted octanol–water partition coefficient (Wildman–Crippen LogP) is 4.35. The van der Waals surface area contributed by atoms with E-state index in [4.69, 9.17) is 4.74 Å². The fourth-order valence-electron chi connectivity index (χ4n) is 5.14. The zero-order valence-electron chi connectivity index (χ0n) is 20.4. The molecular weight excluding hydrogens is 400 g/mol. The van der Waals surface area contributed by atoms with Crippen molar-refractivity contribution in [3.8, 4) is 0 Å². The van der Waals surface area contributed by atoms with Crippen molar-refractivity contribution in [1.82, 2.24) is 19.3 Å². The lowest BCUT2D eigenvalue weighted by molar-refractivity contribution is 0.0144. The fourth-order valence-corrected chi connectivity index (χ4v) is 5.14. The van der Waals surface area contributed by atoms with E-state index in [0.717, 1.165) is 58.7 Å². The third-order valence-electron chi connectivity index (χ3n) is 6.67. The zero-order valence-corrected chi connectivity index (χ0v) is 20.4. The first-order valence-corrected chi connectivity index (χ1v) is 12.4. The third kappa shape index (κ3) is 5.29. The molecule has 0 radical (unpaired) electrons. The summed E-state index contributed by atoms with van der Waals surface area (Å²) in [4.78, 5) is 19.2. The summed E-state index contributed by atoms with van der Waals surface area (Å²) in [5, 5.41) is 1.45. The molecule has 0 atom stereocenters. The van der Waals surface area contributed by atoms with Gasteiger partial charge in [-0.25, -0.2) is 4.79 Å². The van der Waals surface area contributed by atoms with Gasteiger partial charge in [0.05, 0.1) is 0 Å². The van der Waals surface area contributed by atoms with E-state index in [9.17, 15) is 4.79 Å². The Kier molecular flexibility index (Phi) is 7.11. The normalized spacial score (nSPS) is 18.2. The van der Waals surface area contributed by atoms with Crippen LogP contribution in [0.15, 0.2) is 24.3 Å². The minimum absolute atomic E-state index is 0.181. The molecule has 4 rings (SSSR count). The van der Waals surface area contributed by atoms with E-state index in [1.54, 1.807) is 5.56 Å². The van der Waals surface area contributed by atoms with E-state index < -0.39 is 5.60 Å². The van der Waals surface area contributed by atoms with Crippen molar-refractivity contribution < 1.29 is 9.53 Å². The van der Waals surface area contributed by atoms with Gasteiger partial charge >= 0.3 is 6.09 Å². The third-order valence-corrected chi connectivity index (χ3v) is 6.67. The summed E-state index contributed by atoms with van der Waals surface area (Å²) in [7, 11) is 0. The Balaban J connectivity index is 1.35. The van der Waals surface area contributed by atoms with Crippen molar-refractivity contribution in [1.29, 1.82) is 0 Å². The number of ether oxygens (including phenoxy) is 1. The van der Waals surface area contributed by atoms with Gasteiger partial charge in [-0.1, -0.05) is 25.1 Å². The summed E-state index contributed by atoms with van der Waals surface area (Å²) in [6.07, 6.45) is 3.32. The second kappa shape index (κ2) is 9.84. The molecule has 32 heavy (non-hydrogen) atoms.